The topological polar surface area (TPSA) is 81.4 Å². The van der Waals surface area contributed by atoms with Crippen LogP contribution in [0.1, 0.15) is 5.56 Å². The van der Waals surface area contributed by atoms with Crippen LogP contribution in [-0.4, -0.2) is 50.9 Å². The lowest BCUT2D eigenvalue weighted by Gasteiger charge is -2.14. The summed E-state index contributed by atoms with van der Waals surface area (Å²) in [6, 6.07) is 7.91. The first-order valence-electron chi connectivity index (χ1n) is 5.52. The lowest BCUT2D eigenvalue weighted by Crippen LogP contribution is -2.28. The van der Waals surface area contributed by atoms with Gasteiger partial charge in [-0.05, 0) is 25.2 Å². The number of likely N-dealkylation sites (N-methyl/N-ethyl adjacent to an activating group) is 1. The van der Waals surface area contributed by atoms with E-state index in [-0.39, 0.29) is 17.3 Å². The van der Waals surface area contributed by atoms with Crippen molar-refractivity contribution < 1.29 is 13.5 Å². The fraction of sp³-hybridized carbons (Fsp3) is 0.417. The van der Waals surface area contributed by atoms with Crippen LogP contribution >= 0.6 is 0 Å². The van der Waals surface area contributed by atoms with Crippen molar-refractivity contribution in [3.05, 3.63) is 29.8 Å². The van der Waals surface area contributed by atoms with E-state index in [0.29, 0.717) is 18.7 Å². The van der Waals surface area contributed by atoms with Gasteiger partial charge in [0.05, 0.1) is 28.9 Å². The summed E-state index contributed by atoms with van der Waals surface area (Å²) in [6.07, 6.45) is 0. The second kappa shape index (κ2) is 6.50. The van der Waals surface area contributed by atoms with E-state index >= 15 is 0 Å². The van der Waals surface area contributed by atoms with Gasteiger partial charge in [-0.2, -0.15) is 5.26 Å². The van der Waals surface area contributed by atoms with Crippen molar-refractivity contribution in [3.8, 4) is 6.07 Å². The average molecular weight is 268 g/mol. The second-order valence-electron chi connectivity index (χ2n) is 3.99. The summed E-state index contributed by atoms with van der Waals surface area (Å²) in [7, 11) is -1.63. The van der Waals surface area contributed by atoms with Crippen molar-refractivity contribution in [2.45, 2.75) is 4.90 Å². The highest BCUT2D eigenvalue weighted by molar-refractivity contribution is 7.91. The lowest BCUT2D eigenvalue weighted by atomic mass is 10.2. The van der Waals surface area contributed by atoms with Crippen molar-refractivity contribution in [1.29, 1.82) is 5.26 Å². The summed E-state index contributed by atoms with van der Waals surface area (Å²) >= 11 is 0. The number of nitrogens with zero attached hydrogens (tertiary/aromatic N) is 2. The van der Waals surface area contributed by atoms with E-state index in [1.165, 1.54) is 12.1 Å². The van der Waals surface area contributed by atoms with Gasteiger partial charge in [-0.25, -0.2) is 8.42 Å². The molecule has 0 aliphatic carbocycles. The summed E-state index contributed by atoms with van der Waals surface area (Å²) in [6.45, 7) is 0.786. The van der Waals surface area contributed by atoms with Gasteiger partial charge < -0.3 is 10.0 Å². The molecule has 0 amide bonds. The van der Waals surface area contributed by atoms with E-state index in [4.69, 9.17) is 10.4 Å². The molecule has 0 fully saturated rings. The number of rotatable bonds is 6. The first-order valence-corrected chi connectivity index (χ1v) is 7.17. The summed E-state index contributed by atoms with van der Waals surface area (Å²) in [5, 5.41) is 17.5. The van der Waals surface area contributed by atoms with Crippen LogP contribution in [0.15, 0.2) is 29.2 Å². The monoisotopic (exact) mass is 268 g/mol. The minimum atomic E-state index is -3.38. The third-order valence-electron chi connectivity index (χ3n) is 2.55. The molecule has 0 saturated carbocycles. The minimum Gasteiger partial charge on any atom is -0.395 e. The molecule has 0 radical (unpaired) electrons. The Morgan fingerprint density at radius 1 is 1.39 bits per heavy atom. The van der Waals surface area contributed by atoms with Gasteiger partial charge in [-0.15, -0.1) is 0 Å². The summed E-state index contributed by atoms with van der Waals surface area (Å²) in [4.78, 5) is 1.91. The summed E-state index contributed by atoms with van der Waals surface area (Å²) in [5.41, 5.74) is 0.333. The van der Waals surface area contributed by atoms with E-state index in [0.717, 1.165) is 0 Å². The third-order valence-corrected chi connectivity index (χ3v) is 4.24. The van der Waals surface area contributed by atoms with Gasteiger partial charge in [-0.1, -0.05) is 6.07 Å². The van der Waals surface area contributed by atoms with Crippen LogP contribution in [0.3, 0.4) is 0 Å². The highest BCUT2D eigenvalue weighted by Crippen LogP contribution is 2.13. The van der Waals surface area contributed by atoms with Crippen LogP contribution in [0.25, 0.3) is 0 Å². The Morgan fingerprint density at radius 2 is 2.11 bits per heavy atom. The van der Waals surface area contributed by atoms with E-state index in [1.54, 1.807) is 24.1 Å². The molecule has 0 heterocycles. The molecule has 98 valence electrons. The van der Waals surface area contributed by atoms with Crippen LogP contribution in [0.2, 0.25) is 0 Å². The molecule has 6 heteroatoms. The molecule has 1 aromatic rings. The highest BCUT2D eigenvalue weighted by Gasteiger charge is 2.15. The molecule has 1 rings (SSSR count). The Bertz CT molecular complexity index is 534. The number of aliphatic hydroxyl groups excluding tert-OH is 1. The number of sulfone groups is 1. The molecule has 1 N–H and O–H groups in total. The van der Waals surface area contributed by atoms with E-state index in [2.05, 4.69) is 0 Å². The van der Waals surface area contributed by atoms with Crippen LogP contribution in [-0.2, 0) is 9.84 Å². The van der Waals surface area contributed by atoms with Gasteiger partial charge in [0.25, 0.3) is 0 Å². The zero-order valence-corrected chi connectivity index (χ0v) is 11.0. The van der Waals surface area contributed by atoms with Gasteiger partial charge >= 0.3 is 0 Å². The van der Waals surface area contributed by atoms with Crippen LogP contribution < -0.4 is 0 Å². The molecule has 0 aliphatic heterocycles. The zero-order valence-electron chi connectivity index (χ0n) is 10.2. The molecule has 0 aliphatic rings. The normalized spacial score (nSPS) is 11.4. The Hall–Kier alpha value is -1.42. The molecule has 18 heavy (non-hydrogen) atoms. The minimum absolute atomic E-state index is 0.000461. The van der Waals surface area contributed by atoms with E-state index in [9.17, 15) is 8.42 Å². The maximum Gasteiger partial charge on any atom is 0.179 e. The van der Waals surface area contributed by atoms with Crippen LogP contribution in [0, 0.1) is 11.3 Å². The van der Waals surface area contributed by atoms with E-state index < -0.39 is 9.84 Å². The molecule has 0 atom stereocenters. The molecule has 0 unspecified atom stereocenters. The van der Waals surface area contributed by atoms with Gasteiger partial charge in [0.15, 0.2) is 9.84 Å². The zero-order chi connectivity index (χ0) is 13.6. The molecular formula is C12H16N2O3S. The molecule has 5 nitrogen and oxygen atoms in total. The molecule has 1 aromatic carbocycles. The number of aliphatic hydroxyl groups is 1. The van der Waals surface area contributed by atoms with Crippen molar-refractivity contribution >= 4 is 9.84 Å². The Balaban J connectivity index is 2.77. The van der Waals surface area contributed by atoms with Gasteiger partial charge in [-0.3, -0.25) is 0 Å². The average Bonchev–Trinajstić information content (AvgIpc) is 2.37. The highest BCUT2D eigenvalue weighted by atomic mass is 32.2. The molecular weight excluding hydrogens is 252 g/mol. The standard InChI is InChI=1S/C12H16N2O3S/c1-14(5-7-15)6-8-18(16,17)12-4-2-3-11(9-12)10-13/h2-4,9,15H,5-8H2,1H3. The SMILES string of the molecule is CN(CCO)CCS(=O)(=O)c1cccc(C#N)c1. The molecule has 0 bridgehead atoms. The second-order valence-corrected chi connectivity index (χ2v) is 6.09. The van der Waals surface area contributed by atoms with Gasteiger partial charge in [0, 0.05) is 13.1 Å². The number of nitriles is 1. The fourth-order valence-electron chi connectivity index (χ4n) is 1.44. The quantitative estimate of drug-likeness (QED) is 0.800. The third kappa shape index (κ3) is 4.11. The van der Waals surface area contributed by atoms with Crippen molar-refractivity contribution in [1.82, 2.24) is 4.90 Å². The lowest BCUT2D eigenvalue weighted by molar-refractivity contribution is 0.227. The predicted molar refractivity (Wildman–Crippen MR) is 67.8 cm³/mol. The first kappa shape index (κ1) is 14.6. The molecule has 0 spiro atoms. The van der Waals surface area contributed by atoms with Crippen LogP contribution in [0.4, 0.5) is 0 Å². The summed E-state index contributed by atoms with van der Waals surface area (Å²) in [5.74, 6) is -0.0294. The predicted octanol–water partition coefficient (Wildman–Crippen LogP) is 0.256. The van der Waals surface area contributed by atoms with Gasteiger partial charge in [0.1, 0.15) is 0 Å². The van der Waals surface area contributed by atoms with Gasteiger partial charge in [0.2, 0.25) is 0 Å². The molecule has 0 saturated heterocycles. The molecule has 0 aromatic heterocycles. The maximum absolute atomic E-state index is 12.0. The Morgan fingerprint density at radius 3 is 2.72 bits per heavy atom. The smallest absolute Gasteiger partial charge is 0.179 e. The number of benzene rings is 1. The fourth-order valence-corrected chi connectivity index (χ4v) is 2.82. The van der Waals surface area contributed by atoms with Crippen molar-refractivity contribution in [3.63, 3.8) is 0 Å². The summed E-state index contributed by atoms with van der Waals surface area (Å²) < 4.78 is 24.0. The van der Waals surface area contributed by atoms with E-state index in [1.807, 2.05) is 6.07 Å². The number of hydrogen-bond acceptors (Lipinski definition) is 5. The first-order chi connectivity index (χ1) is 8.49. The Labute approximate surface area is 107 Å². The largest absolute Gasteiger partial charge is 0.395 e. The maximum atomic E-state index is 12.0. The number of hydrogen-bond donors (Lipinski definition) is 1. The van der Waals surface area contributed by atoms with Crippen molar-refractivity contribution in [2.24, 2.45) is 0 Å². The Kier molecular flexibility index (Phi) is 5.28. The van der Waals surface area contributed by atoms with Crippen molar-refractivity contribution in [2.75, 3.05) is 32.5 Å². The van der Waals surface area contributed by atoms with Crippen LogP contribution in [0.5, 0.6) is 0 Å².